The highest BCUT2D eigenvalue weighted by atomic mass is 35.5. The van der Waals surface area contributed by atoms with E-state index in [1.807, 2.05) is 30.3 Å². The van der Waals surface area contributed by atoms with Crippen molar-refractivity contribution in [3.8, 4) is 11.5 Å². The van der Waals surface area contributed by atoms with Crippen molar-refractivity contribution in [2.24, 2.45) is 10.8 Å². The third-order valence-corrected chi connectivity index (χ3v) is 9.99. The van der Waals surface area contributed by atoms with Crippen LogP contribution >= 0.6 is 23.2 Å². The minimum atomic E-state index is -0.459. The van der Waals surface area contributed by atoms with Gasteiger partial charge in [-0.05, 0) is 65.5 Å². The van der Waals surface area contributed by atoms with E-state index in [0.29, 0.717) is 40.9 Å². The number of benzene rings is 3. The normalized spacial score (nSPS) is 19.2. The van der Waals surface area contributed by atoms with Gasteiger partial charge in [-0.1, -0.05) is 93.4 Å². The molecule has 0 unspecified atom stereocenters. The number of carbonyl (C=O) groups excluding carboxylic acids is 2. The van der Waals surface area contributed by atoms with E-state index in [1.54, 1.807) is 19.2 Å². The van der Waals surface area contributed by atoms with Crippen LogP contribution in [0.25, 0.3) is 0 Å². The summed E-state index contributed by atoms with van der Waals surface area (Å²) in [6.45, 7) is 9.62. The molecule has 0 fully saturated rings. The van der Waals surface area contributed by atoms with Gasteiger partial charge in [0.2, 0.25) is 0 Å². The predicted molar refractivity (Wildman–Crippen MR) is 183 cm³/mol. The lowest BCUT2D eigenvalue weighted by atomic mass is 9.63. The molecule has 0 atom stereocenters. The molecule has 0 radical (unpaired) electrons. The Kier molecular flexibility index (Phi) is 8.86. The lowest BCUT2D eigenvalue weighted by molar-refractivity contribution is -0.119. The van der Waals surface area contributed by atoms with Gasteiger partial charge in [0, 0.05) is 63.5 Å². The number of halogens is 2. The Hall–Kier alpha value is -3.54. The smallest absolute Gasteiger partial charge is 0.162 e. The summed E-state index contributed by atoms with van der Waals surface area (Å²) in [5.74, 6) is 0.848. The maximum Gasteiger partial charge on any atom is 0.162 e. The van der Waals surface area contributed by atoms with Gasteiger partial charge in [-0.3, -0.25) is 9.59 Å². The molecule has 1 heterocycles. The summed E-state index contributed by atoms with van der Waals surface area (Å²) < 4.78 is 12.0. The Balaban J connectivity index is 1.44. The standard InChI is InChI=1S/C39H41Cl2NO4/c1-38(2)19-29-36(31(43)21-38)35(25-12-14-33(34(17-25)45-5)46-23-26-11-13-27(40)18-28(26)41)37-30(20-39(3,4)22-32(37)44)42(29)16-15-24-9-7-6-8-10-24/h6-14,17-18,35H,15-16,19-23H2,1-5H3. The SMILES string of the molecule is COc1cc(C2C3=C(CC(C)(C)CC3=O)N(CCc3ccccc3)C3=C2C(=O)CC(C)(C)C3)ccc1OCc1ccc(Cl)cc1Cl. The van der Waals surface area contributed by atoms with Crippen LogP contribution in [0.2, 0.25) is 10.0 Å². The van der Waals surface area contributed by atoms with Gasteiger partial charge in [0.1, 0.15) is 6.61 Å². The molecule has 6 rings (SSSR count). The topological polar surface area (TPSA) is 55.8 Å². The first-order valence-corrected chi connectivity index (χ1v) is 16.7. The number of Topliss-reactive ketones (excluding diaryl/α,β-unsaturated/α-hetero) is 2. The molecule has 46 heavy (non-hydrogen) atoms. The molecular weight excluding hydrogens is 617 g/mol. The van der Waals surface area contributed by atoms with Crippen LogP contribution in [0.3, 0.4) is 0 Å². The van der Waals surface area contributed by atoms with Crippen molar-refractivity contribution in [1.29, 1.82) is 0 Å². The minimum absolute atomic E-state index is 0.113. The Morgan fingerprint density at radius 2 is 1.41 bits per heavy atom. The molecule has 3 aromatic carbocycles. The second-order valence-electron chi connectivity index (χ2n) is 14.4. The van der Waals surface area contributed by atoms with E-state index < -0.39 is 5.92 Å². The zero-order valence-electron chi connectivity index (χ0n) is 27.2. The molecule has 5 nitrogen and oxygen atoms in total. The Labute approximate surface area is 282 Å². The third kappa shape index (κ3) is 6.50. The van der Waals surface area contributed by atoms with Crippen LogP contribution in [0.5, 0.6) is 11.5 Å². The van der Waals surface area contributed by atoms with Gasteiger partial charge in [-0.25, -0.2) is 0 Å². The molecule has 0 amide bonds. The summed E-state index contributed by atoms with van der Waals surface area (Å²) >= 11 is 12.5. The summed E-state index contributed by atoms with van der Waals surface area (Å²) in [6.07, 6.45) is 3.24. The van der Waals surface area contributed by atoms with E-state index in [0.717, 1.165) is 52.9 Å². The summed E-state index contributed by atoms with van der Waals surface area (Å²) in [7, 11) is 1.60. The van der Waals surface area contributed by atoms with Gasteiger partial charge in [-0.15, -0.1) is 0 Å². The first-order chi connectivity index (χ1) is 21.9. The van der Waals surface area contributed by atoms with E-state index in [9.17, 15) is 9.59 Å². The molecule has 3 aromatic rings. The van der Waals surface area contributed by atoms with Crippen molar-refractivity contribution in [2.45, 2.75) is 72.3 Å². The second-order valence-corrected chi connectivity index (χ2v) is 15.2. The van der Waals surface area contributed by atoms with Crippen LogP contribution in [0.4, 0.5) is 0 Å². The molecule has 0 bridgehead atoms. The average molecular weight is 659 g/mol. The van der Waals surface area contributed by atoms with Crippen LogP contribution in [0.1, 0.15) is 76.0 Å². The summed E-state index contributed by atoms with van der Waals surface area (Å²) in [5, 5.41) is 1.09. The fourth-order valence-electron chi connectivity index (χ4n) is 7.31. The number of hydrogen-bond acceptors (Lipinski definition) is 5. The third-order valence-electron chi connectivity index (χ3n) is 9.41. The van der Waals surface area contributed by atoms with E-state index in [-0.39, 0.29) is 29.0 Å². The molecular formula is C39H41Cl2NO4. The van der Waals surface area contributed by atoms with Gasteiger partial charge >= 0.3 is 0 Å². The highest BCUT2D eigenvalue weighted by Crippen LogP contribution is 2.55. The Morgan fingerprint density at radius 3 is 2.00 bits per heavy atom. The van der Waals surface area contributed by atoms with Crippen LogP contribution in [0.15, 0.2) is 89.3 Å². The van der Waals surface area contributed by atoms with E-state index >= 15 is 0 Å². The van der Waals surface area contributed by atoms with Crippen molar-refractivity contribution in [1.82, 2.24) is 4.90 Å². The molecule has 3 aliphatic rings. The number of carbonyl (C=O) groups is 2. The van der Waals surface area contributed by atoms with Crippen LogP contribution in [0, 0.1) is 10.8 Å². The van der Waals surface area contributed by atoms with Crippen molar-refractivity contribution < 1.29 is 19.1 Å². The Bertz CT molecular complexity index is 1700. The summed E-state index contributed by atoms with van der Waals surface area (Å²) in [5.41, 5.74) is 6.15. The highest BCUT2D eigenvalue weighted by Gasteiger charge is 2.49. The quantitative estimate of drug-likeness (QED) is 0.241. The molecule has 0 spiro atoms. The average Bonchev–Trinajstić information content (AvgIpc) is 2.98. The van der Waals surface area contributed by atoms with E-state index in [4.69, 9.17) is 32.7 Å². The van der Waals surface area contributed by atoms with E-state index in [2.05, 4.69) is 56.9 Å². The molecule has 2 aliphatic carbocycles. The van der Waals surface area contributed by atoms with Gasteiger partial charge in [-0.2, -0.15) is 0 Å². The lowest BCUT2D eigenvalue weighted by Crippen LogP contribution is -2.45. The largest absolute Gasteiger partial charge is 0.493 e. The Morgan fingerprint density at radius 1 is 0.783 bits per heavy atom. The number of hydrogen-bond donors (Lipinski definition) is 0. The fraction of sp³-hybridized carbons (Fsp3) is 0.385. The number of ether oxygens (including phenoxy) is 2. The van der Waals surface area contributed by atoms with Crippen molar-refractivity contribution in [3.63, 3.8) is 0 Å². The van der Waals surface area contributed by atoms with Gasteiger partial charge < -0.3 is 14.4 Å². The first-order valence-electron chi connectivity index (χ1n) is 15.9. The molecule has 0 saturated heterocycles. The van der Waals surface area contributed by atoms with Crippen molar-refractivity contribution in [2.75, 3.05) is 13.7 Å². The van der Waals surface area contributed by atoms with Gasteiger partial charge in [0.25, 0.3) is 0 Å². The predicted octanol–water partition coefficient (Wildman–Crippen LogP) is 9.51. The number of methoxy groups -OCH3 is 1. The zero-order valence-corrected chi connectivity index (χ0v) is 28.7. The zero-order chi connectivity index (χ0) is 32.8. The second kappa shape index (κ2) is 12.6. The maximum atomic E-state index is 14.2. The van der Waals surface area contributed by atoms with Crippen LogP contribution < -0.4 is 9.47 Å². The molecule has 7 heteroatoms. The number of nitrogens with zero attached hydrogens (tertiary/aromatic N) is 1. The maximum absolute atomic E-state index is 14.2. The van der Waals surface area contributed by atoms with Gasteiger partial charge in [0.05, 0.1) is 7.11 Å². The number of ketones is 2. The molecule has 240 valence electrons. The highest BCUT2D eigenvalue weighted by molar-refractivity contribution is 6.35. The first kappa shape index (κ1) is 32.4. The molecule has 0 N–H and O–H groups in total. The molecule has 0 saturated carbocycles. The summed E-state index contributed by atoms with van der Waals surface area (Å²) in [6, 6.07) is 21.5. The van der Waals surface area contributed by atoms with Crippen molar-refractivity contribution >= 4 is 34.8 Å². The minimum Gasteiger partial charge on any atom is -0.493 e. The van der Waals surface area contributed by atoms with Crippen molar-refractivity contribution in [3.05, 3.63) is 116 Å². The van der Waals surface area contributed by atoms with Gasteiger partial charge in [0.15, 0.2) is 23.1 Å². The summed E-state index contributed by atoms with van der Waals surface area (Å²) in [4.78, 5) is 30.7. The lowest BCUT2D eigenvalue weighted by Gasteiger charge is -2.49. The monoisotopic (exact) mass is 657 g/mol. The van der Waals surface area contributed by atoms with Crippen LogP contribution in [-0.4, -0.2) is 30.1 Å². The van der Waals surface area contributed by atoms with Crippen LogP contribution in [-0.2, 0) is 22.6 Å². The fourth-order valence-corrected chi connectivity index (χ4v) is 7.78. The molecule has 1 aliphatic heterocycles. The number of allylic oxidation sites excluding steroid dienone is 4. The molecule has 0 aromatic heterocycles. The number of rotatable bonds is 8. The van der Waals surface area contributed by atoms with E-state index in [1.165, 1.54) is 5.56 Å².